The predicted molar refractivity (Wildman–Crippen MR) is 160 cm³/mol. The van der Waals surface area contributed by atoms with Gasteiger partial charge in [-0.25, -0.2) is 0 Å². The van der Waals surface area contributed by atoms with E-state index < -0.39 is 0 Å². The lowest BCUT2D eigenvalue weighted by atomic mass is 9.75. The minimum Gasteiger partial charge on any atom is -0.303 e. The first-order valence-electron chi connectivity index (χ1n) is 16.3. The number of nitrogens with zero attached hydrogens (tertiary/aromatic N) is 1. The van der Waals surface area contributed by atoms with Crippen LogP contribution in [-0.4, -0.2) is 24.5 Å². The van der Waals surface area contributed by atoms with Crippen molar-refractivity contribution in [2.24, 2.45) is 17.8 Å². The number of hydrogen-bond donors (Lipinski definition) is 0. The van der Waals surface area contributed by atoms with Gasteiger partial charge in [-0.3, -0.25) is 0 Å². The SMILES string of the molecule is C1=CC=CCCC2CCCN(CCC3CCCCC3CCCCCCC=CCCCCCCC=C1)C2. The van der Waals surface area contributed by atoms with Gasteiger partial charge in [-0.15, -0.1) is 0 Å². The number of allylic oxidation sites excluding steroid dienone is 8. The highest BCUT2D eigenvalue weighted by atomic mass is 15.1. The normalized spacial score (nSPS) is 31.6. The molecule has 2 fully saturated rings. The van der Waals surface area contributed by atoms with E-state index in [0.29, 0.717) is 0 Å². The van der Waals surface area contributed by atoms with E-state index in [-0.39, 0.29) is 0 Å². The fraction of sp³-hybridized carbons (Fsp3) is 0.771. The number of hydrogen-bond acceptors (Lipinski definition) is 1. The smallest absolute Gasteiger partial charge is 0.000978 e. The zero-order valence-corrected chi connectivity index (χ0v) is 23.8. The van der Waals surface area contributed by atoms with Gasteiger partial charge in [0.25, 0.3) is 0 Å². The Morgan fingerprint density at radius 2 is 0.944 bits per heavy atom. The van der Waals surface area contributed by atoms with Crippen molar-refractivity contribution in [2.45, 2.75) is 135 Å². The minimum atomic E-state index is 0.917. The largest absolute Gasteiger partial charge is 0.303 e. The summed E-state index contributed by atoms with van der Waals surface area (Å²) in [5.41, 5.74) is 0. The molecule has 36 heavy (non-hydrogen) atoms. The summed E-state index contributed by atoms with van der Waals surface area (Å²) in [5.74, 6) is 2.96. The van der Waals surface area contributed by atoms with Crippen LogP contribution in [-0.2, 0) is 0 Å². The third-order valence-corrected chi connectivity index (χ3v) is 9.19. The maximum atomic E-state index is 2.83. The first-order valence-corrected chi connectivity index (χ1v) is 16.3. The third-order valence-electron chi connectivity index (χ3n) is 9.19. The van der Waals surface area contributed by atoms with Gasteiger partial charge >= 0.3 is 0 Å². The Morgan fingerprint density at radius 3 is 1.64 bits per heavy atom. The molecule has 1 nitrogen and oxygen atoms in total. The maximum absolute atomic E-state index is 2.83. The van der Waals surface area contributed by atoms with Crippen LogP contribution in [0.15, 0.2) is 48.6 Å². The molecule has 3 rings (SSSR count). The van der Waals surface area contributed by atoms with Gasteiger partial charge in [-0.2, -0.15) is 0 Å². The molecule has 0 aromatic carbocycles. The Morgan fingerprint density at radius 1 is 0.389 bits per heavy atom. The van der Waals surface area contributed by atoms with Gasteiger partial charge in [0.15, 0.2) is 0 Å². The van der Waals surface area contributed by atoms with E-state index in [0.717, 1.165) is 17.8 Å². The van der Waals surface area contributed by atoms with Crippen LogP contribution in [0.1, 0.15) is 135 Å². The van der Waals surface area contributed by atoms with Gasteiger partial charge in [0.2, 0.25) is 0 Å². The summed E-state index contributed by atoms with van der Waals surface area (Å²) in [6.07, 6.45) is 48.1. The second-order valence-electron chi connectivity index (χ2n) is 12.2. The Hall–Kier alpha value is -1.08. The average molecular weight is 494 g/mol. The second-order valence-corrected chi connectivity index (χ2v) is 12.2. The van der Waals surface area contributed by atoms with Gasteiger partial charge in [-0.1, -0.05) is 113 Å². The van der Waals surface area contributed by atoms with Crippen molar-refractivity contribution in [3.63, 3.8) is 0 Å². The molecule has 0 aromatic heterocycles. The highest BCUT2D eigenvalue weighted by molar-refractivity contribution is 5.11. The van der Waals surface area contributed by atoms with E-state index in [9.17, 15) is 0 Å². The molecule has 204 valence electrons. The Bertz CT molecular complexity index is 641. The Labute approximate surface area is 225 Å². The zero-order chi connectivity index (χ0) is 24.9. The summed E-state index contributed by atoms with van der Waals surface area (Å²) in [6, 6.07) is 0. The minimum absolute atomic E-state index is 0.917. The molecule has 3 aliphatic rings. The molecule has 2 aliphatic heterocycles. The van der Waals surface area contributed by atoms with Gasteiger partial charge < -0.3 is 4.90 Å². The molecule has 0 amide bonds. The predicted octanol–water partition coefficient (Wildman–Crippen LogP) is 10.6. The first-order chi connectivity index (χ1) is 17.9. The summed E-state index contributed by atoms with van der Waals surface area (Å²) < 4.78 is 0. The van der Waals surface area contributed by atoms with Crippen molar-refractivity contribution in [3.05, 3.63) is 48.6 Å². The van der Waals surface area contributed by atoms with Gasteiger partial charge in [0.1, 0.15) is 0 Å². The summed E-state index contributed by atoms with van der Waals surface area (Å²) in [6.45, 7) is 4.08. The molecule has 1 saturated carbocycles. The van der Waals surface area contributed by atoms with Crippen LogP contribution >= 0.6 is 0 Å². The molecule has 1 aliphatic carbocycles. The molecule has 4 atom stereocenters. The third kappa shape index (κ3) is 13.5. The maximum Gasteiger partial charge on any atom is 0.000978 e. The van der Waals surface area contributed by atoms with E-state index in [1.807, 2.05) is 0 Å². The molecule has 4 unspecified atom stereocenters. The molecule has 0 N–H and O–H groups in total. The summed E-state index contributed by atoms with van der Waals surface area (Å²) >= 11 is 0. The van der Waals surface area contributed by atoms with Crippen LogP contribution in [0.25, 0.3) is 0 Å². The molecule has 0 spiro atoms. The number of rotatable bonds is 0. The van der Waals surface area contributed by atoms with Crippen molar-refractivity contribution >= 4 is 0 Å². The highest BCUT2D eigenvalue weighted by Crippen LogP contribution is 2.36. The van der Waals surface area contributed by atoms with Crippen LogP contribution < -0.4 is 0 Å². The molecule has 1 saturated heterocycles. The molecular formula is C35H59N. The summed E-state index contributed by atoms with van der Waals surface area (Å²) in [7, 11) is 0. The second kappa shape index (κ2) is 20.0. The fourth-order valence-electron chi connectivity index (χ4n) is 6.93. The van der Waals surface area contributed by atoms with E-state index in [1.165, 1.54) is 154 Å². The fourth-order valence-corrected chi connectivity index (χ4v) is 6.93. The lowest BCUT2D eigenvalue weighted by Crippen LogP contribution is -2.37. The molecule has 0 aromatic rings. The van der Waals surface area contributed by atoms with Crippen molar-refractivity contribution in [1.29, 1.82) is 0 Å². The zero-order valence-electron chi connectivity index (χ0n) is 23.8. The van der Waals surface area contributed by atoms with Crippen LogP contribution in [0.3, 0.4) is 0 Å². The lowest BCUT2D eigenvalue weighted by Gasteiger charge is -2.36. The van der Waals surface area contributed by atoms with Gasteiger partial charge in [0, 0.05) is 6.54 Å². The average Bonchev–Trinajstić information content (AvgIpc) is 2.90. The Balaban J connectivity index is 1.43. The van der Waals surface area contributed by atoms with Crippen molar-refractivity contribution < 1.29 is 0 Å². The van der Waals surface area contributed by atoms with Crippen molar-refractivity contribution in [3.8, 4) is 0 Å². The monoisotopic (exact) mass is 493 g/mol. The highest BCUT2D eigenvalue weighted by Gasteiger charge is 2.26. The van der Waals surface area contributed by atoms with Crippen LogP contribution in [0.4, 0.5) is 0 Å². The van der Waals surface area contributed by atoms with Crippen LogP contribution in [0.2, 0.25) is 0 Å². The number of fused-ring (bicyclic) bond motifs is 3. The molecule has 2 bridgehead atoms. The van der Waals surface area contributed by atoms with Gasteiger partial charge in [0.05, 0.1) is 0 Å². The van der Waals surface area contributed by atoms with Crippen LogP contribution in [0.5, 0.6) is 0 Å². The lowest BCUT2D eigenvalue weighted by molar-refractivity contribution is 0.135. The molecule has 2 heterocycles. The van der Waals surface area contributed by atoms with Crippen molar-refractivity contribution in [2.75, 3.05) is 19.6 Å². The van der Waals surface area contributed by atoms with Crippen LogP contribution in [0, 0.1) is 17.8 Å². The standard InChI is InChI=1S/C35H59N/c1-2-4-6-8-10-12-14-16-18-20-26-34-27-21-22-28-35(34)29-31-36-30-23-25-33(32-36)24-19-17-15-13-11-9-7-5-3-1/h7-11,13,15,17,33-35H,1-6,12,14,16,18-32H2. The number of piperidine rings is 1. The summed E-state index contributed by atoms with van der Waals surface area (Å²) in [5, 5.41) is 0. The van der Waals surface area contributed by atoms with E-state index in [4.69, 9.17) is 0 Å². The summed E-state index contributed by atoms with van der Waals surface area (Å²) in [4.78, 5) is 2.83. The van der Waals surface area contributed by atoms with E-state index >= 15 is 0 Å². The van der Waals surface area contributed by atoms with Crippen molar-refractivity contribution in [1.82, 2.24) is 4.90 Å². The topological polar surface area (TPSA) is 3.24 Å². The molecular weight excluding hydrogens is 434 g/mol. The molecule has 0 radical (unpaired) electrons. The van der Waals surface area contributed by atoms with E-state index in [2.05, 4.69) is 53.5 Å². The van der Waals surface area contributed by atoms with E-state index in [1.54, 1.807) is 0 Å². The molecule has 1 heteroatoms. The Kier molecular flexibility index (Phi) is 16.3. The van der Waals surface area contributed by atoms with Gasteiger partial charge in [-0.05, 0) is 101 Å². The first kappa shape index (κ1) is 29.5. The quantitative estimate of drug-likeness (QED) is 0.303.